The summed E-state index contributed by atoms with van der Waals surface area (Å²) < 4.78 is 39.8. The standard InChI is InChI=1S/C18H18F3N3O2S/c1-24(2)15-8-12(18(19,20)21)7-13(22-15)10-4-3-5-11(6-10)16-23-14(9-27-16)17(25)26/h3-8,14,16,23H,9H2,1-2H3,(H,25,26)/t14?,16-/m0/s1. The molecule has 0 amide bonds. The molecule has 2 atom stereocenters. The number of aromatic nitrogens is 1. The maximum Gasteiger partial charge on any atom is 0.416 e. The van der Waals surface area contributed by atoms with Crippen molar-refractivity contribution >= 4 is 23.5 Å². The zero-order valence-corrected chi connectivity index (χ0v) is 15.4. The average Bonchev–Trinajstić information content (AvgIpc) is 3.11. The molecule has 1 unspecified atom stereocenters. The molecule has 0 aliphatic carbocycles. The summed E-state index contributed by atoms with van der Waals surface area (Å²) in [5, 5.41) is 11.9. The summed E-state index contributed by atoms with van der Waals surface area (Å²) in [6, 6.07) is 8.39. The molecule has 1 saturated heterocycles. The highest BCUT2D eigenvalue weighted by molar-refractivity contribution is 7.99. The molecule has 1 fully saturated rings. The number of alkyl halides is 3. The second-order valence-corrected chi connectivity index (χ2v) is 7.53. The number of benzene rings is 1. The number of aliphatic carboxylic acids is 1. The Balaban J connectivity index is 1.97. The summed E-state index contributed by atoms with van der Waals surface area (Å²) in [5.41, 5.74) is 0.795. The van der Waals surface area contributed by atoms with E-state index in [-0.39, 0.29) is 16.9 Å². The van der Waals surface area contributed by atoms with E-state index in [1.165, 1.54) is 16.7 Å². The molecule has 0 saturated carbocycles. The first-order valence-corrected chi connectivity index (χ1v) is 9.17. The molecule has 0 radical (unpaired) electrons. The zero-order chi connectivity index (χ0) is 19.8. The van der Waals surface area contributed by atoms with Gasteiger partial charge in [0.15, 0.2) is 0 Å². The van der Waals surface area contributed by atoms with Gasteiger partial charge >= 0.3 is 12.1 Å². The van der Waals surface area contributed by atoms with Crippen molar-refractivity contribution in [2.75, 3.05) is 24.7 Å². The van der Waals surface area contributed by atoms with E-state index in [0.717, 1.165) is 17.7 Å². The van der Waals surface area contributed by atoms with E-state index >= 15 is 0 Å². The first-order chi connectivity index (χ1) is 12.6. The van der Waals surface area contributed by atoms with Gasteiger partial charge in [0.2, 0.25) is 0 Å². The van der Waals surface area contributed by atoms with Crippen LogP contribution in [0.1, 0.15) is 16.5 Å². The molecule has 1 aliphatic rings. The first kappa shape index (κ1) is 19.5. The summed E-state index contributed by atoms with van der Waals surface area (Å²) in [4.78, 5) is 17.0. The molecule has 1 aromatic heterocycles. The molecule has 1 aromatic carbocycles. The Labute approximate surface area is 158 Å². The van der Waals surface area contributed by atoms with Gasteiger partial charge in [-0.25, -0.2) is 4.98 Å². The lowest BCUT2D eigenvalue weighted by Crippen LogP contribution is -2.33. The normalized spacial score (nSPS) is 19.9. The van der Waals surface area contributed by atoms with Gasteiger partial charge in [-0.2, -0.15) is 13.2 Å². The average molecular weight is 397 g/mol. The van der Waals surface area contributed by atoms with Crippen LogP contribution in [0, 0.1) is 0 Å². The monoisotopic (exact) mass is 397 g/mol. The highest BCUT2D eigenvalue weighted by Crippen LogP contribution is 2.36. The maximum atomic E-state index is 13.3. The highest BCUT2D eigenvalue weighted by Gasteiger charge is 2.33. The van der Waals surface area contributed by atoms with E-state index in [1.807, 2.05) is 6.07 Å². The quantitative estimate of drug-likeness (QED) is 0.822. The van der Waals surface area contributed by atoms with E-state index in [9.17, 15) is 18.0 Å². The van der Waals surface area contributed by atoms with E-state index in [1.54, 1.807) is 32.3 Å². The van der Waals surface area contributed by atoms with Crippen molar-refractivity contribution in [2.45, 2.75) is 17.6 Å². The molecule has 27 heavy (non-hydrogen) atoms. The van der Waals surface area contributed by atoms with Gasteiger partial charge in [-0.15, -0.1) is 11.8 Å². The second kappa shape index (κ2) is 7.40. The lowest BCUT2D eigenvalue weighted by Gasteiger charge is -2.17. The zero-order valence-electron chi connectivity index (χ0n) is 14.6. The minimum Gasteiger partial charge on any atom is -0.480 e. The lowest BCUT2D eigenvalue weighted by atomic mass is 10.0. The van der Waals surface area contributed by atoms with Crippen molar-refractivity contribution < 1.29 is 23.1 Å². The van der Waals surface area contributed by atoms with Gasteiger partial charge in [0.05, 0.1) is 16.6 Å². The Hall–Kier alpha value is -2.26. The number of hydrogen-bond acceptors (Lipinski definition) is 5. The summed E-state index contributed by atoms with van der Waals surface area (Å²) in [5.74, 6) is -0.280. The van der Waals surface area contributed by atoms with Crippen LogP contribution in [-0.2, 0) is 11.0 Å². The number of carboxylic acids is 1. The van der Waals surface area contributed by atoms with Crippen LogP contribution < -0.4 is 10.2 Å². The van der Waals surface area contributed by atoms with Crippen LogP contribution in [0.5, 0.6) is 0 Å². The Morgan fingerprint density at radius 2 is 2.04 bits per heavy atom. The number of nitrogens with one attached hydrogen (secondary N) is 1. The Kier molecular flexibility index (Phi) is 5.34. The van der Waals surface area contributed by atoms with Crippen molar-refractivity contribution in [3.63, 3.8) is 0 Å². The smallest absolute Gasteiger partial charge is 0.416 e. The van der Waals surface area contributed by atoms with Crippen LogP contribution in [-0.4, -0.2) is 41.9 Å². The molecule has 2 aromatic rings. The van der Waals surface area contributed by atoms with Crippen LogP contribution >= 0.6 is 11.8 Å². The fourth-order valence-corrected chi connectivity index (χ4v) is 3.95. The number of pyridine rings is 1. The van der Waals surface area contributed by atoms with E-state index in [4.69, 9.17) is 5.11 Å². The number of nitrogens with zero attached hydrogens (tertiary/aromatic N) is 2. The van der Waals surface area contributed by atoms with Gasteiger partial charge in [-0.1, -0.05) is 18.2 Å². The highest BCUT2D eigenvalue weighted by atomic mass is 32.2. The van der Waals surface area contributed by atoms with Gasteiger partial charge < -0.3 is 10.0 Å². The number of halogens is 3. The van der Waals surface area contributed by atoms with E-state index < -0.39 is 23.8 Å². The molecule has 0 bridgehead atoms. The fourth-order valence-electron chi connectivity index (χ4n) is 2.72. The van der Waals surface area contributed by atoms with Crippen molar-refractivity contribution in [1.29, 1.82) is 0 Å². The largest absolute Gasteiger partial charge is 0.480 e. The Bertz CT molecular complexity index is 858. The van der Waals surface area contributed by atoms with Crippen LogP contribution in [0.4, 0.5) is 19.0 Å². The number of hydrogen-bond donors (Lipinski definition) is 2. The number of carbonyl (C=O) groups is 1. The third-order valence-electron chi connectivity index (χ3n) is 4.16. The van der Waals surface area contributed by atoms with E-state index in [0.29, 0.717) is 11.3 Å². The predicted octanol–water partition coefficient (Wildman–Crippen LogP) is 3.62. The minimum absolute atomic E-state index is 0.213. The molecule has 5 nitrogen and oxygen atoms in total. The predicted molar refractivity (Wildman–Crippen MR) is 98.8 cm³/mol. The third-order valence-corrected chi connectivity index (χ3v) is 5.43. The van der Waals surface area contributed by atoms with Crippen LogP contribution in [0.15, 0.2) is 36.4 Å². The SMILES string of the molecule is CN(C)c1cc(C(F)(F)F)cc(-c2cccc([C@H]3NC(C(=O)O)CS3)c2)n1. The number of rotatable bonds is 4. The summed E-state index contributed by atoms with van der Waals surface area (Å²) in [6.45, 7) is 0. The molecule has 3 rings (SSSR count). The molecule has 144 valence electrons. The van der Waals surface area contributed by atoms with Crippen LogP contribution in [0.25, 0.3) is 11.3 Å². The first-order valence-electron chi connectivity index (χ1n) is 8.12. The van der Waals surface area contributed by atoms with Gasteiger partial charge in [-0.05, 0) is 23.8 Å². The third kappa shape index (κ3) is 4.36. The summed E-state index contributed by atoms with van der Waals surface area (Å²) in [7, 11) is 3.27. The fraction of sp³-hybridized carbons (Fsp3) is 0.333. The summed E-state index contributed by atoms with van der Waals surface area (Å²) in [6.07, 6.45) is -4.47. The van der Waals surface area contributed by atoms with E-state index in [2.05, 4.69) is 10.3 Å². The van der Waals surface area contributed by atoms with Crippen molar-refractivity contribution in [3.8, 4) is 11.3 Å². The Morgan fingerprint density at radius 3 is 2.63 bits per heavy atom. The van der Waals surface area contributed by atoms with Gasteiger partial charge in [-0.3, -0.25) is 10.1 Å². The van der Waals surface area contributed by atoms with Crippen molar-refractivity contribution in [3.05, 3.63) is 47.5 Å². The molecular formula is C18H18F3N3O2S. The minimum atomic E-state index is -4.47. The van der Waals surface area contributed by atoms with Crippen LogP contribution in [0.2, 0.25) is 0 Å². The lowest BCUT2D eigenvalue weighted by molar-refractivity contribution is -0.139. The molecule has 1 aliphatic heterocycles. The second-order valence-electron chi connectivity index (χ2n) is 6.39. The van der Waals surface area contributed by atoms with Crippen molar-refractivity contribution in [1.82, 2.24) is 10.3 Å². The molecular weight excluding hydrogens is 379 g/mol. The molecule has 2 N–H and O–H groups in total. The molecule has 9 heteroatoms. The topological polar surface area (TPSA) is 65.5 Å². The molecule has 2 heterocycles. The number of thioether (sulfide) groups is 1. The summed E-state index contributed by atoms with van der Waals surface area (Å²) >= 11 is 1.45. The Morgan fingerprint density at radius 1 is 1.30 bits per heavy atom. The number of anilines is 1. The van der Waals surface area contributed by atoms with Crippen LogP contribution in [0.3, 0.4) is 0 Å². The van der Waals surface area contributed by atoms with Crippen molar-refractivity contribution in [2.24, 2.45) is 0 Å². The van der Waals surface area contributed by atoms with Gasteiger partial charge in [0, 0.05) is 25.4 Å². The van der Waals surface area contributed by atoms with Gasteiger partial charge in [0.1, 0.15) is 11.9 Å². The number of carboxylic acid groups (broad SMARTS) is 1. The maximum absolute atomic E-state index is 13.3. The molecule has 0 spiro atoms. The van der Waals surface area contributed by atoms with Gasteiger partial charge in [0.25, 0.3) is 0 Å².